The van der Waals surface area contributed by atoms with Crippen molar-refractivity contribution in [2.75, 3.05) is 6.54 Å². The van der Waals surface area contributed by atoms with Crippen LogP contribution in [0.4, 0.5) is 0 Å². The van der Waals surface area contributed by atoms with Crippen molar-refractivity contribution in [3.05, 3.63) is 69.7 Å². The summed E-state index contributed by atoms with van der Waals surface area (Å²) in [7, 11) is 0. The van der Waals surface area contributed by atoms with E-state index >= 15 is 0 Å². The second-order valence-corrected chi connectivity index (χ2v) is 6.06. The normalized spacial score (nSPS) is 12.5. The third kappa shape index (κ3) is 3.07. The molecule has 1 heterocycles. The van der Waals surface area contributed by atoms with Gasteiger partial charge in [-0.1, -0.05) is 37.6 Å². The average molecular weight is 342 g/mol. The van der Waals surface area contributed by atoms with E-state index in [2.05, 4.69) is 19.2 Å². The summed E-state index contributed by atoms with van der Waals surface area (Å²) in [5.74, 6) is 0.727. The largest absolute Gasteiger partial charge is 0.308 e. The number of halogens is 1. The fourth-order valence-corrected chi connectivity index (χ4v) is 3.01. The first kappa shape index (κ1) is 16.7. The van der Waals surface area contributed by atoms with Gasteiger partial charge in [0.05, 0.1) is 22.6 Å². The van der Waals surface area contributed by atoms with E-state index in [1.807, 2.05) is 36.4 Å². The predicted octanol–water partition coefficient (Wildman–Crippen LogP) is 4.10. The highest BCUT2D eigenvalue weighted by Gasteiger charge is 2.19. The average Bonchev–Trinajstić information content (AvgIpc) is 2.61. The Morgan fingerprint density at radius 3 is 2.50 bits per heavy atom. The third-order valence-electron chi connectivity index (χ3n) is 4.06. The van der Waals surface area contributed by atoms with Gasteiger partial charge in [0.25, 0.3) is 5.56 Å². The van der Waals surface area contributed by atoms with Crippen molar-refractivity contribution in [2.24, 2.45) is 0 Å². The summed E-state index contributed by atoms with van der Waals surface area (Å²) in [6.45, 7) is 4.94. The van der Waals surface area contributed by atoms with E-state index in [1.165, 1.54) is 0 Å². The van der Waals surface area contributed by atoms with E-state index < -0.39 is 0 Å². The van der Waals surface area contributed by atoms with Crippen LogP contribution in [0.3, 0.4) is 0 Å². The zero-order valence-electron chi connectivity index (χ0n) is 13.8. The van der Waals surface area contributed by atoms with Crippen LogP contribution in [0.5, 0.6) is 0 Å². The molecule has 0 aliphatic carbocycles. The van der Waals surface area contributed by atoms with E-state index in [1.54, 1.807) is 16.7 Å². The zero-order valence-corrected chi connectivity index (χ0v) is 14.5. The molecule has 0 saturated carbocycles. The Kier molecular flexibility index (Phi) is 4.97. The molecule has 2 aromatic carbocycles. The quantitative estimate of drug-likeness (QED) is 0.760. The van der Waals surface area contributed by atoms with Crippen LogP contribution in [-0.2, 0) is 0 Å². The molecule has 1 unspecified atom stereocenters. The topological polar surface area (TPSA) is 46.9 Å². The van der Waals surface area contributed by atoms with Gasteiger partial charge < -0.3 is 5.32 Å². The molecule has 1 N–H and O–H groups in total. The first-order valence-electron chi connectivity index (χ1n) is 8.16. The zero-order chi connectivity index (χ0) is 17.1. The van der Waals surface area contributed by atoms with Gasteiger partial charge >= 0.3 is 0 Å². The lowest BCUT2D eigenvalue weighted by atomic mass is 10.1. The Bertz CT molecular complexity index is 903. The minimum absolute atomic E-state index is 0.00276. The number of hydrogen-bond donors (Lipinski definition) is 1. The fourth-order valence-electron chi connectivity index (χ4n) is 2.89. The van der Waals surface area contributed by atoms with Crippen molar-refractivity contribution in [1.29, 1.82) is 0 Å². The number of hydrogen-bond acceptors (Lipinski definition) is 3. The Balaban J connectivity index is 2.33. The summed E-state index contributed by atoms with van der Waals surface area (Å²) in [6, 6.07) is 14.7. The van der Waals surface area contributed by atoms with Gasteiger partial charge in [0.1, 0.15) is 5.82 Å². The summed E-state index contributed by atoms with van der Waals surface area (Å²) >= 11 is 6.00. The van der Waals surface area contributed by atoms with Crippen LogP contribution in [0.15, 0.2) is 53.3 Å². The second kappa shape index (κ2) is 7.16. The molecule has 0 fully saturated rings. The van der Waals surface area contributed by atoms with Crippen molar-refractivity contribution in [3.63, 3.8) is 0 Å². The van der Waals surface area contributed by atoms with Gasteiger partial charge in [-0.3, -0.25) is 9.36 Å². The molecule has 0 bridgehead atoms. The molecule has 124 valence electrons. The van der Waals surface area contributed by atoms with E-state index in [0.717, 1.165) is 30.0 Å². The lowest BCUT2D eigenvalue weighted by Gasteiger charge is -2.21. The van der Waals surface area contributed by atoms with E-state index in [4.69, 9.17) is 16.6 Å². The first-order chi connectivity index (χ1) is 11.7. The van der Waals surface area contributed by atoms with Crippen LogP contribution in [0, 0.1) is 0 Å². The van der Waals surface area contributed by atoms with Gasteiger partial charge in [-0.15, -0.1) is 0 Å². The Morgan fingerprint density at radius 2 is 1.83 bits per heavy atom. The number of aromatic nitrogens is 2. The van der Waals surface area contributed by atoms with Crippen LogP contribution < -0.4 is 10.9 Å². The smallest absolute Gasteiger partial charge is 0.266 e. The van der Waals surface area contributed by atoms with Gasteiger partial charge in [0.2, 0.25) is 0 Å². The monoisotopic (exact) mass is 341 g/mol. The van der Waals surface area contributed by atoms with Crippen molar-refractivity contribution in [1.82, 2.24) is 14.9 Å². The molecule has 3 aromatic rings. The second-order valence-electron chi connectivity index (χ2n) is 5.62. The summed E-state index contributed by atoms with van der Waals surface area (Å²) in [4.78, 5) is 17.9. The van der Waals surface area contributed by atoms with Crippen LogP contribution in [0.1, 0.15) is 32.1 Å². The van der Waals surface area contributed by atoms with Crippen LogP contribution in [-0.4, -0.2) is 16.1 Å². The van der Waals surface area contributed by atoms with Crippen molar-refractivity contribution < 1.29 is 0 Å². The summed E-state index contributed by atoms with van der Waals surface area (Å²) < 4.78 is 1.69. The molecule has 1 atom stereocenters. The van der Waals surface area contributed by atoms with Crippen LogP contribution >= 0.6 is 11.6 Å². The molecule has 3 rings (SSSR count). The van der Waals surface area contributed by atoms with Crippen molar-refractivity contribution in [2.45, 2.75) is 26.3 Å². The molecule has 0 spiro atoms. The van der Waals surface area contributed by atoms with Gasteiger partial charge in [-0.05, 0) is 49.4 Å². The lowest BCUT2D eigenvalue weighted by molar-refractivity contribution is 0.498. The number of rotatable bonds is 5. The Labute approximate surface area is 146 Å². The highest BCUT2D eigenvalue weighted by Crippen LogP contribution is 2.21. The third-order valence-corrected chi connectivity index (χ3v) is 4.31. The first-order valence-corrected chi connectivity index (χ1v) is 8.54. The van der Waals surface area contributed by atoms with Crippen molar-refractivity contribution in [3.8, 4) is 5.69 Å². The number of nitrogens with zero attached hydrogens (tertiary/aromatic N) is 2. The molecule has 0 saturated heterocycles. The highest BCUT2D eigenvalue weighted by molar-refractivity contribution is 6.30. The minimum Gasteiger partial charge on any atom is -0.308 e. The minimum atomic E-state index is -0.0609. The van der Waals surface area contributed by atoms with Gasteiger partial charge in [-0.25, -0.2) is 4.98 Å². The summed E-state index contributed by atoms with van der Waals surface area (Å²) in [5.41, 5.74) is 1.43. The molecule has 0 aliphatic heterocycles. The molecule has 0 radical (unpaired) electrons. The molecular weight excluding hydrogens is 322 g/mol. The molecule has 0 aliphatic rings. The molecule has 1 aromatic heterocycles. The Morgan fingerprint density at radius 1 is 1.12 bits per heavy atom. The number of benzene rings is 2. The van der Waals surface area contributed by atoms with Crippen LogP contribution in [0.2, 0.25) is 5.02 Å². The maximum atomic E-state index is 13.1. The fraction of sp³-hybridized carbons (Fsp3) is 0.263. The molecule has 0 amide bonds. The van der Waals surface area contributed by atoms with Gasteiger partial charge in [0, 0.05) is 5.02 Å². The number of para-hydroxylation sites is 1. The SMILES string of the molecule is CCNC(CC)c1nc2ccccc2c(=O)n1-c1ccc(Cl)cc1. The number of fused-ring (bicyclic) bond motifs is 1. The van der Waals surface area contributed by atoms with E-state index in [-0.39, 0.29) is 11.6 Å². The standard InChI is InChI=1S/C19H20ClN3O/c1-3-16(21-4-2)18-22-17-8-6-5-7-15(17)19(24)23(18)14-11-9-13(20)10-12-14/h5-12,16,21H,3-4H2,1-2H3. The maximum absolute atomic E-state index is 13.1. The van der Waals surface area contributed by atoms with E-state index in [0.29, 0.717) is 10.4 Å². The molecule has 5 heteroatoms. The Hall–Kier alpha value is -2.17. The maximum Gasteiger partial charge on any atom is 0.266 e. The molecule has 24 heavy (non-hydrogen) atoms. The lowest BCUT2D eigenvalue weighted by Crippen LogP contribution is -2.31. The van der Waals surface area contributed by atoms with Gasteiger partial charge in [0.15, 0.2) is 0 Å². The summed E-state index contributed by atoms with van der Waals surface area (Å²) in [5, 5.41) is 4.67. The molecule has 4 nitrogen and oxygen atoms in total. The highest BCUT2D eigenvalue weighted by atomic mass is 35.5. The number of nitrogens with one attached hydrogen (secondary N) is 1. The van der Waals surface area contributed by atoms with E-state index in [9.17, 15) is 4.79 Å². The van der Waals surface area contributed by atoms with Gasteiger partial charge in [-0.2, -0.15) is 0 Å². The van der Waals surface area contributed by atoms with Crippen molar-refractivity contribution >= 4 is 22.5 Å². The molecular formula is C19H20ClN3O. The predicted molar refractivity (Wildman–Crippen MR) is 99.1 cm³/mol. The van der Waals surface area contributed by atoms with Crippen LogP contribution in [0.25, 0.3) is 16.6 Å². The summed E-state index contributed by atoms with van der Waals surface area (Å²) in [6.07, 6.45) is 0.839.